The van der Waals surface area contributed by atoms with Gasteiger partial charge in [-0.1, -0.05) is 76.7 Å². The van der Waals surface area contributed by atoms with Crippen molar-refractivity contribution in [2.45, 2.75) is 66.7 Å². The highest BCUT2D eigenvalue weighted by Crippen LogP contribution is 2.30. The van der Waals surface area contributed by atoms with E-state index >= 15 is 0 Å². The molecule has 0 unspecified atom stereocenters. The van der Waals surface area contributed by atoms with E-state index in [2.05, 4.69) is 45.3 Å². The number of halogens is 2. The summed E-state index contributed by atoms with van der Waals surface area (Å²) in [5.74, 6) is 3.79. The maximum Gasteiger partial charge on any atom is 0.174 e. The number of hydrogen-bond donors (Lipinski definition) is 0. The highest BCUT2D eigenvalue weighted by atomic mass is 19.2. The van der Waals surface area contributed by atoms with Gasteiger partial charge in [0, 0.05) is 12.8 Å². The maximum atomic E-state index is 14.4. The Bertz CT molecular complexity index is 697. The van der Waals surface area contributed by atoms with Gasteiger partial charge in [0.15, 0.2) is 11.6 Å². The third-order valence-corrected chi connectivity index (χ3v) is 4.23. The minimum Gasteiger partial charge on any atom is -0.203 e. The normalized spacial score (nSPS) is 11.9. The minimum atomic E-state index is -0.857. The Balaban J connectivity index is 3.15. The van der Waals surface area contributed by atoms with Crippen molar-refractivity contribution in [3.8, 4) is 11.8 Å². The second-order valence-electron chi connectivity index (χ2n) is 7.27. The molecule has 0 nitrogen and oxygen atoms in total. The summed E-state index contributed by atoms with van der Waals surface area (Å²) in [6.45, 7) is 14.3. The monoisotopic (exact) mass is 344 g/mol. The summed E-state index contributed by atoms with van der Waals surface area (Å²) in [4.78, 5) is 0. The average molecular weight is 344 g/mol. The highest BCUT2D eigenvalue weighted by Gasteiger charge is 2.18. The minimum absolute atomic E-state index is 0.00581. The van der Waals surface area contributed by atoms with Crippen LogP contribution in [0.1, 0.15) is 71.4 Å². The Morgan fingerprint density at radius 3 is 2.44 bits per heavy atom. The van der Waals surface area contributed by atoms with Crippen molar-refractivity contribution in [2.75, 3.05) is 0 Å². The highest BCUT2D eigenvalue weighted by molar-refractivity contribution is 5.41. The first kappa shape index (κ1) is 21.2. The van der Waals surface area contributed by atoms with Gasteiger partial charge in [0.1, 0.15) is 0 Å². The quantitative estimate of drug-likeness (QED) is 0.369. The van der Waals surface area contributed by atoms with Gasteiger partial charge in [-0.05, 0) is 36.0 Å². The van der Waals surface area contributed by atoms with Gasteiger partial charge in [-0.25, -0.2) is 8.78 Å². The van der Waals surface area contributed by atoms with Gasteiger partial charge in [0.25, 0.3) is 0 Å². The zero-order chi connectivity index (χ0) is 19.0. The van der Waals surface area contributed by atoms with Gasteiger partial charge >= 0.3 is 0 Å². The molecule has 1 aromatic rings. The van der Waals surface area contributed by atoms with Crippen LogP contribution in [-0.2, 0) is 6.42 Å². The van der Waals surface area contributed by atoms with E-state index < -0.39 is 11.6 Å². The Morgan fingerprint density at radius 1 is 1.20 bits per heavy atom. The molecule has 0 aliphatic carbocycles. The van der Waals surface area contributed by atoms with Crippen molar-refractivity contribution in [3.63, 3.8) is 0 Å². The molecule has 0 aromatic heterocycles. The molecule has 2 heteroatoms. The lowest BCUT2D eigenvalue weighted by Crippen LogP contribution is -2.10. The van der Waals surface area contributed by atoms with Gasteiger partial charge < -0.3 is 0 Å². The Kier molecular flexibility index (Phi) is 8.10. The lowest BCUT2D eigenvalue weighted by atomic mass is 9.83. The molecule has 0 radical (unpaired) electrons. The van der Waals surface area contributed by atoms with Crippen molar-refractivity contribution in [1.82, 2.24) is 0 Å². The zero-order valence-electron chi connectivity index (χ0n) is 16.2. The van der Waals surface area contributed by atoms with Crippen LogP contribution in [-0.4, -0.2) is 0 Å². The van der Waals surface area contributed by atoms with E-state index in [-0.39, 0.29) is 11.0 Å². The Hall–Kier alpha value is -1.88. The summed E-state index contributed by atoms with van der Waals surface area (Å²) in [5, 5.41) is 0. The topological polar surface area (TPSA) is 0 Å². The summed E-state index contributed by atoms with van der Waals surface area (Å²) in [6.07, 6.45) is 6.45. The van der Waals surface area contributed by atoms with Crippen molar-refractivity contribution >= 4 is 0 Å². The fraction of sp³-hybridized carbons (Fsp3) is 0.478. The third-order valence-electron chi connectivity index (χ3n) is 4.23. The Labute approximate surface area is 152 Å². The predicted molar refractivity (Wildman–Crippen MR) is 103 cm³/mol. The first-order valence-electron chi connectivity index (χ1n) is 9.05. The summed E-state index contributed by atoms with van der Waals surface area (Å²) in [5.41, 5.74) is 2.32. The average Bonchev–Trinajstić information content (AvgIpc) is 2.55. The van der Waals surface area contributed by atoms with Crippen LogP contribution in [0.3, 0.4) is 0 Å². The number of rotatable bonds is 7. The van der Waals surface area contributed by atoms with Crippen molar-refractivity contribution in [1.29, 1.82) is 0 Å². The van der Waals surface area contributed by atoms with E-state index in [1.54, 1.807) is 12.1 Å². The number of hydrogen-bond acceptors (Lipinski definition) is 0. The van der Waals surface area contributed by atoms with Crippen LogP contribution in [0, 0.1) is 28.9 Å². The van der Waals surface area contributed by atoms with Crippen molar-refractivity contribution < 1.29 is 8.78 Å². The van der Waals surface area contributed by atoms with E-state index in [1.807, 2.05) is 13.8 Å². The third kappa shape index (κ3) is 6.50. The SMILES string of the molecule is C=C(C)/C(=C/C(C)(C)CCCC)Cc1ccc(C#CCC)c(F)c1F. The second-order valence-corrected chi connectivity index (χ2v) is 7.27. The molecule has 136 valence electrons. The molecule has 0 saturated heterocycles. The summed E-state index contributed by atoms with van der Waals surface area (Å²) < 4.78 is 28.7. The smallest absolute Gasteiger partial charge is 0.174 e. The lowest BCUT2D eigenvalue weighted by Gasteiger charge is -2.23. The molecule has 0 fully saturated rings. The second kappa shape index (κ2) is 9.56. The van der Waals surface area contributed by atoms with Crippen LogP contribution in [0.5, 0.6) is 0 Å². The number of unbranched alkanes of at least 4 members (excludes halogenated alkanes) is 1. The molecule has 0 N–H and O–H groups in total. The molecule has 0 atom stereocenters. The molecule has 0 bridgehead atoms. The largest absolute Gasteiger partial charge is 0.203 e. The van der Waals surface area contributed by atoms with E-state index in [9.17, 15) is 8.78 Å². The van der Waals surface area contributed by atoms with Crippen LogP contribution >= 0.6 is 0 Å². The van der Waals surface area contributed by atoms with Crippen LogP contribution in [0.25, 0.3) is 0 Å². The first-order chi connectivity index (χ1) is 11.7. The molecule has 0 aliphatic heterocycles. The standard InChI is InChI=1S/C23H30F2/c1-7-9-11-18-12-13-19(22(25)21(18)24)15-20(17(3)4)16-23(5,6)14-10-8-2/h12-13,16H,3,7-8,10,14-15H2,1-2,4-6H3/b20-16+. The molecule has 1 rings (SSSR count). The van der Waals surface area contributed by atoms with E-state index in [0.29, 0.717) is 18.4 Å². The summed E-state index contributed by atoms with van der Waals surface area (Å²) >= 11 is 0. The number of benzene rings is 1. The van der Waals surface area contributed by atoms with Gasteiger partial charge in [-0.3, -0.25) is 0 Å². The molecular weight excluding hydrogens is 314 g/mol. The molecule has 0 heterocycles. The van der Waals surface area contributed by atoms with Gasteiger partial charge in [0.05, 0.1) is 5.56 Å². The van der Waals surface area contributed by atoms with Crippen LogP contribution in [0.15, 0.2) is 35.9 Å². The molecular formula is C23H30F2. The predicted octanol–water partition coefficient (Wildman–Crippen LogP) is 6.99. The van der Waals surface area contributed by atoms with Crippen molar-refractivity contribution in [2.24, 2.45) is 5.41 Å². The van der Waals surface area contributed by atoms with Crippen LogP contribution < -0.4 is 0 Å². The summed E-state index contributed by atoms with van der Waals surface area (Å²) in [7, 11) is 0. The zero-order valence-corrected chi connectivity index (χ0v) is 16.2. The van der Waals surface area contributed by atoms with E-state index in [0.717, 1.165) is 30.4 Å². The molecule has 0 amide bonds. The summed E-state index contributed by atoms with van der Waals surface area (Å²) in [6, 6.07) is 3.20. The lowest BCUT2D eigenvalue weighted by molar-refractivity contribution is 0.416. The van der Waals surface area contributed by atoms with Gasteiger partial charge in [-0.15, -0.1) is 0 Å². The van der Waals surface area contributed by atoms with Gasteiger partial charge in [0.2, 0.25) is 0 Å². The van der Waals surface area contributed by atoms with E-state index in [1.165, 1.54) is 0 Å². The first-order valence-corrected chi connectivity index (χ1v) is 9.05. The molecule has 1 aromatic carbocycles. The van der Waals surface area contributed by atoms with Crippen LogP contribution in [0.4, 0.5) is 8.78 Å². The molecule has 25 heavy (non-hydrogen) atoms. The molecule has 0 aliphatic rings. The van der Waals surface area contributed by atoms with Gasteiger partial charge in [-0.2, -0.15) is 0 Å². The number of allylic oxidation sites excluding steroid dienone is 3. The fourth-order valence-electron chi connectivity index (χ4n) is 2.71. The molecule has 0 saturated carbocycles. The Morgan fingerprint density at radius 2 is 1.88 bits per heavy atom. The molecule has 0 spiro atoms. The maximum absolute atomic E-state index is 14.4. The fourth-order valence-corrected chi connectivity index (χ4v) is 2.71. The van der Waals surface area contributed by atoms with Crippen molar-refractivity contribution in [3.05, 3.63) is 58.7 Å². The van der Waals surface area contributed by atoms with E-state index in [4.69, 9.17) is 0 Å². The van der Waals surface area contributed by atoms with Crippen LogP contribution in [0.2, 0.25) is 0 Å².